The van der Waals surface area contributed by atoms with Gasteiger partial charge in [0.1, 0.15) is 18.3 Å². The molecule has 1 saturated heterocycles. The monoisotopic (exact) mass is 444 g/mol. The molecular formula is C23H36N6O3. The molecule has 0 radical (unpaired) electrons. The first-order valence-corrected chi connectivity index (χ1v) is 12.0. The van der Waals surface area contributed by atoms with Crippen LogP contribution in [0, 0.1) is 5.92 Å². The Bertz CT molecular complexity index is 835. The number of aliphatic hydroxyl groups is 1. The fraction of sp³-hybridized carbons (Fsp3) is 0.739. The lowest BCUT2D eigenvalue weighted by atomic mass is 9.90. The third kappa shape index (κ3) is 4.27. The molecule has 0 bridgehead atoms. The number of piperidine rings is 1. The van der Waals surface area contributed by atoms with Crippen LogP contribution in [-0.4, -0.2) is 76.7 Å². The van der Waals surface area contributed by atoms with Gasteiger partial charge in [-0.1, -0.05) is 19.8 Å². The molecule has 2 fully saturated rings. The molecule has 9 heteroatoms. The number of hydrogen-bond acceptors (Lipinski definition) is 7. The van der Waals surface area contributed by atoms with Gasteiger partial charge in [-0.15, -0.1) is 0 Å². The zero-order valence-corrected chi connectivity index (χ0v) is 19.5. The molecule has 1 saturated carbocycles. The molecule has 32 heavy (non-hydrogen) atoms. The van der Waals surface area contributed by atoms with Gasteiger partial charge in [0.25, 0.3) is 0 Å². The van der Waals surface area contributed by atoms with Crippen molar-refractivity contribution in [2.45, 2.75) is 76.9 Å². The zero-order valence-electron chi connectivity index (χ0n) is 19.5. The number of carbonyl (C=O) groups is 2. The van der Waals surface area contributed by atoms with Crippen LogP contribution in [0.3, 0.4) is 0 Å². The number of hydrogen-bond donors (Lipinski definition) is 2. The quantitative estimate of drug-likeness (QED) is 0.692. The van der Waals surface area contributed by atoms with E-state index in [9.17, 15) is 9.59 Å². The Hall–Kier alpha value is -2.42. The number of fused-ring (bicyclic) bond motifs is 1. The van der Waals surface area contributed by atoms with E-state index in [2.05, 4.69) is 29.0 Å². The largest absolute Gasteiger partial charge is 0.387 e. The molecule has 4 rings (SSSR count). The Balaban J connectivity index is 1.51. The van der Waals surface area contributed by atoms with E-state index in [4.69, 9.17) is 10.1 Å². The van der Waals surface area contributed by atoms with Crippen LogP contribution in [0.4, 0.5) is 17.5 Å². The van der Waals surface area contributed by atoms with Gasteiger partial charge in [-0.3, -0.25) is 9.59 Å². The highest BCUT2D eigenvalue weighted by Gasteiger charge is 2.41. The molecule has 0 spiro atoms. The Labute approximate surface area is 190 Å². The summed E-state index contributed by atoms with van der Waals surface area (Å²) in [5.41, 5.74) is 0.778. The predicted octanol–water partition coefficient (Wildman–Crippen LogP) is 2.01. The first-order valence-electron chi connectivity index (χ1n) is 12.0. The molecule has 2 N–H and O–H groups in total. The zero-order chi connectivity index (χ0) is 22.8. The highest BCUT2D eigenvalue weighted by molar-refractivity contribution is 6.04. The van der Waals surface area contributed by atoms with Crippen molar-refractivity contribution in [2.24, 2.45) is 5.92 Å². The van der Waals surface area contributed by atoms with Gasteiger partial charge in [0, 0.05) is 32.2 Å². The summed E-state index contributed by atoms with van der Waals surface area (Å²) in [6.07, 6.45) is 8.88. The van der Waals surface area contributed by atoms with Crippen molar-refractivity contribution in [3.8, 4) is 0 Å². The summed E-state index contributed by atoms with van der Waals surface area (Å²) in [6, 6.07) is 0.332. The number of likely N-dealkylation sites (tertiary alicyclic amines) is 1. The molecule has 3 aliphatic rings. The van der Waals surface area contributed by atoms with Gasteiger partial charge in [0.05, 0.1) is 6.20 Å². The number of aliphatic hydroxyl groups excluding tert-OH is 1. The van der Waals surface area contributed by atoms with Crippen molar-refractivity contribution < 1.29 is 14.7 Å². The van der Waals surface area contributed by atoms with Gasteiger partial charge in [0.15, 0.2) is 5.82 Å². The Morgan fingerprint density at radius 1 is 1.25 bits per heavy atom. The van der Waals surface area contributed by atoms with Crippen molar-refractivity contribution in [3.05, 3.63) is 6.20 Å². The third-order valence-electron chi connectivity index (χ3n) is 7.50. The van der Waals surface area contributed by atoms with E-state index in [-0.39, 0.29) is 23.9 Å². The van der Waals surface area contributed by atoms with E-state index in [1.165, 1.54) is 12.8 Å². The molecule has 2 aliphatic heterocycles. The summed E-state index contributed by atoms with van der Waals surface area (Å²) >= 11 is 0. The van der Waals surface area contributed by atoms with E-state index < -0.39 is 6.61 Å². The lowest BCUT2D eigenvalue weighted by molar-refractivity contribution is -0.135. The highest BCUT2D eigenvalue weighted by Crippen LogP contribution is 2.40. The second-order valence-corrected chi connectivity index (χ2v) is 9.38. The normalized spacial score (nSPS) is 23.4. The minimum atomic E-state index is -0.422. The minimum Gasteiger partial charge on any atom is -0.387 e. The fourth-order valence-electron chi connectivity index (χ4n) is 5.52. The lowest BCUT2D eigenvalue weighted by Gasteiger charge is -2.43. The van der Waals surface area contributed by atoms with Crippen molar-refractivity contribution in [1.82, 2.24) is 14.9 Å². The Morgan fingerprint density at radius 3 is 2.56 bits per heavy atom. The second kappa shape index (κ2) is 9.60. The number of anilines is 3. The van der Waals surface area contributed by atoms with Crippen LogP contribution in [0.15, 0.2) is 6.20 Å². The maximum absolute atomic E-state index is 13.0. The third-order valence-corrected chi connectivity index (χ3v) is 7.50. The molecular weight excluding hydrogens is 408 g/mol. The minimum absolute atomic E-state index is 0.119. The number of aromatic nitrogens is 2. The summed E-state index contributed by atoms with van der Waals surface area (Å²) in [5.74, 6) is 1.77. The van der Waals surface area contributed by atoms with Crippen LogP contribution in [0.5, 0.6) is 0 Å². The van der Waals surface area contributed by atoms with Crippen LogP contribution in [0.25, 0.3) is 0 Å². The standard InChI is InChI=1S/C23H36N6O3/c1-4-18-22(32)27(3)19-13-24-23(26-21(19)29(18)17-7-5-6-8-17)25-15(2)16-9-11-28(12-10-16)20(31)14-30/h13,15-18,30H,4-12,14H2,1-3H3,(H,24,25,26)/t15-,18?/m0/s1. The molecule has 1 unspecified atom stereocenters. The molecule has 1 aromatic rings. The fourth-order valence-corrected chi connectivity index (χ4v) is 5.52. The predicted molar refractivity (Wildman–Crippen MR) is 124 cm³/mol. The molecule has 3 heterocycles. The van der Waals surface area contributed by atoms with Gasteiger partial charge in [-0.05, 0) is 44.9 Å². The molecule has 1 aliphatic carbocycles. The molecule has 176 valence electrons. The molecule has 1 aromatic heterocycles. The summed E-state index contributed by atoms with van der Waals surface area (Å²) in [6.45, 7) is 5.12. The Kier molecular flexibility index (Phi) is 6.83. The van der Waals surface area contributed by atoms with Gasteiger partial charge >= 0.3 is 0 Å². The van der Waals surface area contributed by atoms with Crippen LogP contribution < -0.4 is 15.1 Å². The summed E-state index contributed by atoms with van der Waals surface area (Å²) in [5, 5.41) is 12.6. The summed E-state index contributed by atoms with van der Waals surface area (Å²) in [7, 11) is 1.82. The van der Waals surface area contributed by atoms with Crippen molar-refractivity contribution in [1.29, 1.82) is 0 Å². The molecule has 0 aromatic carbocycles. The first kappa shape index (κ1) is 22.8. The Morgan fingerprint density at radius 2 is 1.94 bits per heavy atom. The highest BCUT2D eigenvalue weighted by atomic mass is 16.3. The van der Waals surface area contributed by atoms with Gasteiger partial charge in [-0.25, -0.2) is 4.98 Å². The van der Waals surface area contributed by atoms with Gasteiger partial charge in [-0.2, -0.15) is 4.98 Å². The van der Waals surface area contributed by atoms with Crippen LogP contribution in [0.2, 0.25) is 0 Å². The van der Waals surface area contributed by atoms with E-state index in [1.807, 2.05) is 7.05 Å². The number of rotatable bonds is 6. The van der Waals surface area contributed by atoms with Crippen molar-refractivity contribution in [2.75, 3.05) is 41.9 Å². The second-order valence-electron chi connectivity index (χ2n) is 9.38. The number of carbonyl (C=O) groups excluding carboxylic acids is 2. The van der Waals surface area contributed by atoms with Gasteiger partial charge < -0.3 is 25.1 Å². The average Bonchev–Trinajstić information content (AvgIpc) is 3.35. The van der Waals surface area contributed by atoms with E-state index in [0.29, 0.717) is 31.0 Å². The topological polar surface area (TPSA) is 102 Å². The number of amides is 2. The average molecular weight is 445 g/mol. The van der Waals surface area contributed by atoms with Gasteiger partial charge in [0.2, 0.25) is 17.8 Å². The summed E-state index contributed by atoms with van der Waals surface area (Å²) in [4.78, 5) is 39.9. The van der Waals surface area contributed by atoms with Crippen LogP contribution in [0.1, 0.15) is 58.8 Å². The smallest absolute Gasteiger partial charge is 0.249 e. The number of nitrogens with zero attached hydrogens (tertiary/aromatic N) is 5. The maximum atomic E-state index is 13.0. The molecule has 2 amide bonds. The number of likely N-dealkylation sites (N-methyl/N-ethyl adjacent to an activating group) is 1. The van der Waals surface area contributed by atoms with Crippen LogP contribution >= 0.6 is 0 Å². The van der Waals surface area contributed by atoms with Crippen molar-refractivity contribution >= 4 is 29.3 Å². The molecule has 2 atom stereocenters. The SMILES string of the molecule is CCC1C(=O)N(C)c2cnc(N[C@@H](C)C3CCN(C(=O)CO)CC3)nc2N1C1CCCC1. The van der Waals surface area contributed by atoms with E-state index in [0.717, 1.165) is 43.6 Å². The van der Waals surface area contributed by atoms with E-state index >= 15 is 0 Å². The first-order chi connectivity index (χ1) is 15.4. The van der Waals surface area contributed by atoms with Crippen molar-refractivity contribution in [3.63, 3.8) is 0 Å². The van der Waals surface area contributed by atoms with E-state index in [1.54, 1.807) is 16.0 Å². The molecule has 9 nitrogen and oxygen atoms in total. The lowest BCUT2D eigenvalue weighted by Crippen LogP contribution is -2.55. The number of nitrogens with one attached hydrogen (secondary N) is 1. The van der Waals surface area contributed by atoms with Crippen LogP contribution in [-0.2, 0) is 9.59 Å². The maximum Gasteiger partial charge on any atom is 0.249 e. The summed E-state index contributed by atoms with van der Waals surface area (Å²) < 4.78 is 0.